The van der Waals surface area contributed by atoms with Crippen molar-refractivity contribution >= 4 is 5.91 Å². The standard InChI is InChI=1S/C15H23N3O/c1-3-18(12-13-6-10-16-11-7-13)14(19)15(2)8-4-5-9-17-15/h6-7,10-11,17H,3-5,8-9,12H2,1-2H3. The predicted molar refractivity (Wildman–Crippen MR) is 75.6 cm³/mol. The number of carbonyl (C=O) groups is 1. The van der Waals surface area contributed by atoms with Crippen LogP contribution in [0.1, 0.15) is 38.7 Å². The Bertz CT molecular complexity index is 413. The van der Waals surface area contributed by atoms with E-state index in [1.54, 1.807) is 12.4 Å². The second-order valence-corrected chi connectivity index (χ2v) is 5.39. The van der Waals surface area contributed by atoms with Crippen LogP contribution >= 0.6 is 0 Å². The van der Waals surface area contributed by atoms with Gasteiger partial charge in [-0.2, -0.15) is 0 Å². The third-order valence-corrected chi connectivity index (χ3v) is 3.88. The summed E-state index contributed by atoms with van der Waals surface area (Å²) in [7, 11) is 0. The molecule has 0 saturated carbocycles. The van der Waals surface area contributed by atoms with Crippen LogP contribution in [0.4, 0.5) is 0 Å². The molecule has 1 aliphatic heterocycles. The van der Waals surface area contributed by atoms with Gasteiger partial charge >= 0.3 is 0 Å². The maximum atomic E-state index is 12.7. The van der Waals surface area contributed by atoms with Crippen molar-refractivity contribution < 1.29 is 4.79 Å². The van der Waals surface area contributed by atoms with Gasteiger partial charge in [-0.25, -0.2) is 0 Å². The molecule has 4 heteroatoms. The van der Waals surface area contributed by atoms with Gasteiger partial charge in [0.1, 0.15) is 0 Å². The third kappa shape index (κ3) is 3.32. The topological polar surface area (TPSA) is 45.2 Å². The molecule has 1 aromatic rings. The van der Waals surface area contributed by atoms with Gasteiger partial charge in [-0.3, -0.25) is 9.78 Å². The molecule has 2 heterocycles. The summed E-state index contributed by atoms with van der Waals surface area (Å²) in [6.07, 6.45) is 6.77. The van der Waals surface area contributed by atoms with E-state index in [9.17, 15) is 4.79 Å². The molecule has 104 valence electrons. The van der Waals surface area contributed by atoms with Gasteiger partial charge in [0.2, 0.25) is 5.91 Å². The van der Waals surface area contributed by atoms with Gasteiger partial charge in [-0.1, -0.05) is 0 Å². The Kier molecular flexibility index (Phi) is 4.53. The Morgan fingerprint density at radius 2 is 2.16 bits per heavy atom. The van der Waals surface area contributed by atoms with Gasteiger partial charge < -0.3 is 10.2 Å². The summed E-state index contributed by atoms with van der Waals surface area (Å²) < 4.78 is 0. The molecule has 0 bridgehead atoms. The third-order valence-electron chi connectivity index (χ3n) is 3.88. The van der Waals surface area contributed by atoms with Crippen molar-refractivity contribution in [2.75, 3.05) is 13.1 Å². The monoisotopic (exact) mass is 261 g/mol. The average molecular weight is 261 g/mol. The zero-order valence-electron chi connectivity index (χ0n) is 11.9. The number of hydrogen-bond donors (Lipinski definition) is 1. The molecule has 0 aliphatic carbocycles. The van der Waals surface area contributed by atoms with E-state index in [-0.39, 0.29) is 11.4 Å². The molecule has 1 amide bonds. The van der Waals surface area contributed by atoms with Crippen LogP contribution in [-0.4, -0.2) is 34.4 Å². The van der Waals surface area contributed by atoms with Gasteiger partial charge in [-0.05, 0) is 57.4 Å². The summed E-state index contributed by atoms with van der Waals surface area (Å²) in [6.45, 7) is 6.40. The lowest BCUT2D eigenvalue weighted by atomic mass is 9.89. The lowest BCUT2D eigenvalue weighted by molar-refractivity contribution is -0.139. The van der Waals surface area contributed by atoms with Gasteiger partial charge in [0.05, 0.1) is 5.54 Å². The molecule has 1 saturated heterocycles. The van der Waals surface area contributed by atoms with E-state index in [4.69, 9.17) is 0 Å². The molecule has 0 radical (unpaired) electrons. The molecule has 0 aromatic carbocycles. The molecule has 0 spiro atoms. The second kappa shape index (κ2) is 6.15. The first kappa shape index (κ1) is 14.0. The molecule has 1 unspecified atom stereocenters. The second-order valence-electron chi connectivity index (χ2n) is 5.39. The van der Waals surface area contributed by atoms with Crippen LogP contribution in [0.15, 0.2) is 24.5 Å². The summed E-state index contributed by atoms with van der Waals surface area (Å²) in [5, 5.41) is 3.39. The lowest BCUT2D eigenvalue weighted by Gasteiger charge is -2.37. The maximum absolute atomic E-state index is 12.7. The number of nitrogens with zero attached hydrogens (tertiary/aromatic N) is 2. The Labute approximate surface area is 115 Å². The van der Waals surface area contributed by atoms with Crippen molar-refractivity contribution in [1.82, 2.24) is 15.2 Å². The minimum Gasteiger partial charge on any atom is -0.337 e. The maximum Gasteiger partial charge on any atom is 0.242 e. The number of amides is 1. The van der Waals surface area contributed by atoms with Crippen LogP contribution in [0.3, 0.4) is 0 Å². The van der Waals surface area contributed by atoms with Crippen molar-refractivity contribution in [3.63, 3.8) is 0 Å². The molecule has 1 aromatic heterocycles. The largest absolute Gasteiger partial charge is 0.337 e. The molecule has 2 rings (SSSR count). The highest BCUT2D eigenvalue weighted by atomic mass is 16.2. The molecule has 1 fully saturated rings. The van der Waals surface area contributed by atoms with Crippen molar-refractivity contribution in [3.8, 4) is 0 Å². The number of aromatic nitrogens is 1. The number of likely N-dealkylation sites (N-methyl/N-ethyl adjacent to an activating group) is 1. The average Bonchev–Trinajstić information content (AvgIpc) is 2.46. The minimum atomic E-state index is -0.388. The van der Waals surface area contributed by atoms with Crippen LogP contribution in [0, 0.1) is 0 Å². The fraction of sp³-hybridized carbons (Fsp3) is 0.600. The molecule has 4 nitrogen and oxygen atoms in total. The quantitative estimate of drug-likeness (QED) is 0.901. The van der Waals surface area contributed by atoms with Crippen LogP contribution in [0.5, 0.6) is 0 Å². The first-order valence-corrected chi connectivity index (χ1v) is 7.09. The van der Waals surface area contributed by atoms with Crippen molar-refractivity contribution in [2.45, 2.75) is 45.2 Å². The normalized spacial score (nSPS) is 23.1. The summed E-state index contributed by atoms with van der Waals surface area (Å²) in [4.78, 5) is 18.6. The summed E-state index contributed by atoms with van der Waals surface area (Å²) >= 11 is 0. The van der Waals surface area contributed by atoms with E-state index in [0.29, 0.717) is 6.54 Å². The first-order chi connectivity index (χ1) is 9.15. The Balaban J connectivity index is 2.06. The summed E-state index contributed by atoms with van der Waals surface area (Å²) in [6, 6.07) is 3.93. The zero-order chi connectivity index (χ0) is 13.7. The molecule has 1 N–H and O–H groups in total. The Morgan fingerprint density at radius 3 is 2.74 bits per heavy atom. The molecule has 1 aliphatic rings. The highest BCUT2D eigenvalue weighted by molar-refractivity contribution is 5.86. The number of carbonyl (C=O) groups excluding carboxylic acids is 1. The van der Waals surface area contributed by atoms with E-state index < -0.39 is 0 Å². The predicted octanol–water partition coefficient (Wildman–Crippen LogP) is 1.96. The van der Waals surface area contributed by atoms with Gasteiger partial charge in [-0.15, -0.1) is 0 Å². The summed E-state index contributed by atoms with van der Waals surface area (Å²) in [5.74, 6) is 0.214. The number of nitrogens with one attached hydrogen (secondary N) is 1. The SMILES string of the molecule is CCN(Cc1ccncc1)C(=O)C1(C)CCCCN1. The van der Waals surface area contributed by atoms with E-state index in [0.717, 1.165) is 31.5 Å². The van der Waals surface area contributed by atoms with Crippen molar-refractivity contribution in [3.05, 3.63) is 30.1 Å². The fourth-order valence-corrected chi connectivity index (χ4v) is 2.62. The van der Waals surface area contributed by atoms with Crippen LogP contribution in [0.25, 0.3) is 0 Å². The smallest absolute Gasteiger partial charge is 0.242 e. The zero-order valence-corrected chi connectivity index (χ0v) is 11.9. The van der Waals surface area contributed by atoms with Gasteiger partial charge in [0.15, 0.2) is 0 Å². The van der Waals surface area contributed by atoms with Crippen LogP contribution in [-0.2, 0) is 11.3 Å². The number of pyridine rings is 1. The van der Waals surface area contributed by atoms with Gasteiger partial charge in [0, 0.05) is 25.5 Å². The van der Waals surface area contributed by atoms with Crippen LogP contribution < -0.4 is 5.32 Å². The van der Waals surface area contributed by atoms with Crippen molar-refractivity contribution in [1.29, 1.82) is 0 Å². The molecular formula is C15H23N3O. The molecule has 1 atom stereocenters. The Hall–Kier alpha value is -1.42. The lowest BCUT2D eigenvalue weighted by Crippen LogP contribution is -2.57. The highest BCUT2D eigenvalue weighted by Gasteiger charge is 2.36. The van der Waals surface area contributed by atoms with E-state index in [2.05, 4.69) is 10.3 Å². The number of rotatable bonds is 4. The molecule has 19 heavy (non-hydrogen) atoms. The summed E-state index contributed by atoms with van der Waals surface area (Å²) in [5.41, 5.74) is 0.742. The number of piperidine rings is 1. The van der Waals surface area contributed by atoms with Gasteiger partial charge in [0.25, 0.3) is 0 Å². The number of hydrogen-bond acceptors (Lipinski definition) is 3. The van der Waals surface area contributed by atoms with Crippen LogP contribution in [0.2, 0.25) is 0 Å². The van der Waals surface area contributed by atoms with Crippen molar-refractivity contribution in [2.24, 2.45) is 0 Å². The highest BCUT2D eigenvalue weighted by Crippen LogP contribution is 2.22. The minimum absolute atomic E-state index is 0.214. The van der Waals surface area contributed by atoms with E-state index in [1.807, 2.05) is 30.9 Å². The van der Waals surface area contributed by atoms with E-state index >= 15 is 0 Å². The fourth-order valence-electron chi connectivity index (χ4n) is 2.62. The Morgan fingerprint density at radius 1 is 1.42 bits per heavy atom. The first-order valence-electron chi connectivity index (χ1n) is 7.09. The van der Waals surface area contributed by atoms with E-state index in [1.165, 1.54) is 6.42 Å². The molecular weight excluding hydrogens is 238 g/mol.